The number of hydrogen-bond acceptors (Lipinski definition) is 3. The summed E-state index contributed by atoms with van der Waals surface area (Å²) in [5, 5.41) is 4.84. The number of aryl methyl sites for hydroxylation is 1. The van der Waals surface area contributed by atoms with Crippen molar-refractivity contribution in [1.82, 2.24) is 4.98 Å². The van der Waals surface area contributed by atoms with Gasteiger partial charge in [-0.3, -0.25) is 9.59 Å². The highest BCUT2D eigenvalue weighted by molar-refractivity contribution is 6.31. The summed E-state index contributed by atoms with van der Waals surface area (Å²) < 4.78 is 0. The monoisotopic (exact) mass is 367 g/mol. The van der Waals surface area contributed by atoms with Crippen molar-refractivity contribution in [3.63, 3.8) is 0 Å². The molecule has 2 N–H and O–H groups in total. The Morgan fingerprint density at radius 1 is 1.12 bits per heavy atom. The fourth-order valence-corrected chi connectivity index (χ4v) is 3.50. The molecule has 2 heterocycles. The minimum atomic E-state index is -0.115. The molecule has 2 aromatic carbocycles. The topological polar surface area (TPSA) is 65.2 Å². The van der Waals surface area contributed by atoms with E-state index in [1.165, 1.54) is 0 Å². The summed E-state index contributed by atoms with van der Waals surface area (Å²) in [6.45, 7) is 0.408. The van der Waals surface area contributed by atoms with Crippen LogP contribution in [0.1, 0.15) is 17.5 Å². The minimum absolute atomic E-state index is 0.115. The molecule has 0 unspecified atom stereocenters. The molecule has 0 saturated carbocycles. The molecule has 0 bridgehead atoms. The molecule has 0 spiro atoms. The Hall–Kier alpha value is -2.79. The molecule has 6 heteroatoms. The van der Waals surface area contributed by atoms with Crippen LogP contribution in [0.15, 0.2) is 47.3 Å². The van der Waals surface area contributed by atoms with Crippen LogP contribution in [0.3, 0.4) is 0 Å². The Bertz CT molecular complexity index is 1070. The van der Waals surface area contributed by atoms with E-state index in [1.807, 2.05) is 30.3 Å². The van der Waals surface area contributed by atoms with Crippen molar-refractivity contribution in [2.24, 2.45) is 0 Å². The van der Waals surface area contributed by atoms with E-state index in [0.29, 0.717) is 23.6 Å². The fourth-order valence-electron chi connectivity index (χ4n) is 3.32. The summed E-state index contributed by atoms with van der Waals surface area (Å²) in [6, 6.07) is 13.2. The van der Waals surface area contributed by atoms with Gasteiger partial charge in [-0.1, -0.05) is 11.6 Å². The maximum atomic E-state index is 12.3. The average molecular weight is 368 g/mol. The predicted octanol–water partition coefficient (Wildman–Crippen LogP) is 3.70. The van der Waals surface area contributed by atoms with E-state index >= 15 is 0 Å². The maximum absolute atomic E-state index is 12.3. The first-order valence-electron chi connectivity index (χ1n) is 8.46. The van der Waals surface area contributed by atoms with E-state index in [1.54, 1.807) is 24.1 Å². The number of nitrogens with one attached hydrogen (secondary N) is 2. The van der Waals surface area contributed by atoms with Gasteiger partial charge in [-0.15, -0.1) is 0 Å². The van der Waals surface area contributed by atoms with Crippen LogP contribution < -0.4 is 15.8 Å². The van der Waals surface area contributed by atoms with Gasteiger partial charge in [0.25, 0.3) is 5.56 Å². The number of aromatic amines is 1. The van der Waals surface area contributed by atoms with Crippen LogP contribution in [0.25, 0.3) is 10.9 Å². The largest absolute Gasteiger partial charge is 0.381 e. The van der Waals surface area contributed by atoms with Gasteiger partial charge in [-0.2, -0.15) is 0 Å². The lowest BCUT2D eigenvalue weighted by Gasteiger charge is -2.26. The molecule has 4 rings (SSSR count). The number of fused-ring (bicyclic) bond motifs is 2. The second-order valence-corrected chi connectivity index (χ2v) is 6.94. The highest BCUT2D eigenvalue weighted by Gasteiger charge is 2.20. The Morgan fingerprint density at radius 3 is 2.81 bits per heavy atom. The van der Waals surface area contributed by atoms with E-state index in [0.717, 1.165) is 34.3 Å². The van der Waals surface area contributed by atoms with Gasteiger partial charge >= 0.3 is 0 Å². The molecular weight excluding hydrogens is 350 g/mol. The Balaban J connectivity index is 1.58. The molecule has 26 heavy (non-hydrogen) atoms. The number of carbonyl (C=O) groups is 1. The molecule has 0 radical (unpaired) electrons. The molecule has 0 fully saturated rings. The van der Waals surface area contributed by atoms with Crippen LogP contribution in [0.2, 0.25) is 5.02 Å². The summed E-state index contributed by atoms with van der Waals surface area (Å²) in [4.78, 5) is 28.6. The van der Waals surface area contributed by atoms with E-state index in [-0.39, 0.29) is 11.5 Å². The zero-order valence-electron chi connectivity index (χ0n) is 14.3. The average Bonchev–Trinajstić information content (AvgIpc) is 2.63. The Labute approximate surface area is 155 Å². The van der Waals surface area contributed by atoms with Gasteiger partial charge < -0.3 is 15.2 Å². The van der Waals surface area contributed by atoms with Crippen molar-refractivity contribution in [3.05, 3.63) is 69.0 Å². The third-order valence-electron chi connectivity index (χ3n) is 4.79. The van der Waals surface area contributed by atoms with Crippen molar-refractivity contribution in [1.29, 1.82) is 0 Å². The number of nitrogens with zero attached hydrogens (tertiary/aromatic N) is 1. The molecule has 1 amide bonds. The van der Waals surface area contributed by atoms with Crippen molar-refractivity contribution in [3.8, 4) is 0 Å². The van der Waals surface area contributed by atoms with Crippen LogP contribution in [0, 0.1) is 0 Å². The van der Waals surface area contributed by atoms with Crippen molar-refractivity contribution in [2.45, 2.75) is 19.4 Å². The highest BCUT2D eigenvalue weighted by Crippen LogP contribution is 2.29. The first-order valence-corrected chi connectivity index (χ1v) is 8.84. The van der Waals surface area contributed by atoms with Crippen LogP contribution in [0.4, 0.5) is 11.4 Å². The van der Waals surface area contributed by atoms with E-state index in [2.05, 4.69) is 10.3 Å². The molecule has 0 aliphatic carbocycles. The standard InChI is InChI=1S/C20H18ClN3O2/c1-24-18-6-4-16(10-12(18)2-7-19(24)25)22-11-14-8-13-9-15(21)3-5-17(13)23-20(14)26/h3-6,8-10,22H,2,7,11H2,1H3,(H,23,26). The molecule has 132 valence electrons. The number of aromatic nitrogens is 1. The Kier molecular flexibility index (Phi) is 4.17. The molecule has 1 aromatic heterocycles. The lowest BCUT2D eigenvalue weighted by molar-refractivity contribution is -0.118. The first kappa shape index (κ1) is 16.7. The zero-order valence-corrected chi connectivity index (χ0v) is 15.1. The van der Waals surface area contributed by atoms with Crippen molar-refractivity contribution >= 4 is 39.8 Å². The predicted molar refractivity (Wildman–Crippen MR) is 105 cm³/mol. The van der Waals surface area contributed by atoms with Crippen LogP contribution >= 0.6 is 11.6 Å². The molecule has 3 aromatic rings. The summed E-state index contributed by atoms with van der Waals surface area (Å²) in [5.41, 5.74) is 4.31. The fraction of sp³-hybridized carbons (Fsp3) is 0.200. The molecular formula is C20H18ClN3O2. The third-order valence-corrected chi connectivity index (χ3v) is 5.02. The summed E-state index contributed by atoms with van der Waals surface area (Å²) in [7, 11) is 1.80. The van der Waals surface area contributed by atoms with Gasteiger partial charge in [0.1, 0.15) is 0 Å². The van der Waals surface area contributed by atoms with Gasteiger partial charge in [0.05, 0.1) is 0 Å². The van der Waals surface area contributed by atoms with Gasteiger partial charge in [-0.05, 0) is 54.4 Å². The van der Waals surface area contributed by atoms with Gasteiger partial charge in [0, 0.05) is 52.9 Å². The molecule has 0 atom stereocenters. The van der Waals surface area contributed by atoms with E-state index in [9.17, 15) is 9.59 Å². The van der Waals surface area contributed by atoms with E-state index < -0.39 is 0 Å². The maximum Gasteiger partial charge on any atom is 0.253 e. The number of anilines is 2. The summed E-state index contributed by atoms with van der Waals surface area (Å²) >= 11 is 6.04. The molecule has 5 nitrogen and oxygen atoms in total. The van der Waals surface area contributed by atoms with Crippen LogP contribution in [-0.2, 0) is 17.8 Å². The van der Waals surface area contributed by atoms with Crippen LogP contribution in [-0.4, -0.2) is 17.9 Å². The van der Waals surface area contributed by atoms with Gasteiger partial charge in [-0.25, -0.2) is 0 Å². The number of pyridine rings is 1. The summed E-state index contributed by atoms with van der Waals surface area (Å²) in [5.74, 6) is 0.138. The van der Waals surface area contributed by atoms with Crippen LogP contribution in [0.5, 0.6) is 0 Å². The first-order chi connectivity index (χ1) is 12.5. The number of benzene rings is 2. The lowest BCUT2D eigenvalue weighted by atomic mass is 10.0. The zero-order chi connectivity index (χ0) is 18.3. The lowest BCUT2D eigenvalue weighted by Crippen LogP contribution is -2.31. The molecule has 1 aliphatic heterocycles. The highest BCUT2D eigenvalue weighted by atomic mass is 35.5. The van der Waals surface area contributed by atoms with Crippen molar-refractivity contribution < 1.29 is 4.79 Å². The van der Waals surface area contributed by atoms with E-state index in [4.69, 9.17) is 11.6 Å². The number of halogens is 1. The second kappa shape index (κ2) is 6.50. The van der Waals surface area contributed by atoms with Gasteiger partial charge in [0.15, 0.2) is 0 Å². The SMILES string of the molecule is CN1C(=O)CCc2cc(NCc3cc4cc(Cl)ccc4[nH]c3=O)ccc21. The second-order valence-electron chi connectivity index (χ2n) is 6.51. The number of amides is 1. The molecule has 0 saturated heterocycles. The quantitative estimate of drug-likeness (QED) is 0.741. The normalized spacial score (nSPS) is 13.8. The number of carbonyl (C=O) groups excluding carboxylic acids is 1. The third kappa shape index (κ3) is 3.06. The summed E-state index contributed by atoms with van der Waals surface area (Å²) in [6.07, 6.45) is 1.27. The molecule has 1 aliphatic rings. The number of hydrogen-bond donors (Lipinski definition) is 2. The number of rotatable bonds is 3. The number of H-pyrrole nitrogens is 1. The Morgan fingerprint density at radius 2 is 1.96 bits per heavy atom. The minimum Gasteiger partial charge on any atom is -0.381 e. The van der Waals surface area contributed by atoms with Crippen molar-refractivity contribution in [2.75, 3.05) is 17.3 Å². The smallest absolute Gasteiger partial charge is 0.253 e. The van der Waals surface area contributed by atoms with Gasteiger partial charge in [0.2, 0.25) is 5.91 Å².